The Bertz CT molecular complexity index is 502. The van der Waals surface area contributed by atoms with E-state index in [1.54, 1.807) is 6.26 Å². The molecule has 2 aromatic rings. The number of furan rings is 1. The van der Waals surface area contributed by atoms with E-state index in [1.807, 2.05) is 13.0 Å². The molecule has 5 heteroatoms. The van der Waals surface area contributed by atoms with Gasteiger partial charge in [0.1, 0.15) is 5.76 Å². The second-order valence-electron chi connectivity index (χ2n) is 4.82. The predicted octanol–water partition coefficient (Wildman–Crippen LogP) is 2.82. The van der Waals surface area contributed by atoms with E-state index in [-0.39, 0.29) is 0 Å². The maximum absolute atomic E-state index is 5.67. The minimum absolute atomic E-state index is 0.510. The second-order valence-corrected chi connectivity index (χ2v) is 4.82. The van der Waals surface area contributed by atoms with Gasteiger partial charge in [0, 0.05) is 18.9 Å². The number of hydrogen-bond donors (Lipinski definition) is 1. The van der Waals surface area contributed by atoms with Crippen LogP contribution in [0.3, 0.4) is 0 Å². The van der Waals surface area contributed by atoms with Gasteiger partial charge in [0.25, 0.3) is 5.89 Å². The number of nitrogens with one attached hydrogen (secondary N) is 1. The van der Waals surface area contributed by atoms with Gasteiger partial charge < -0.3 is 14.2 Å². The molecule has 0 aliphatic heterocycles. The van der Waals surface area contributed by atoms with Crippen LogP contribution in [0.1, 0.15) is 38.8 Å². The molecule has 2 rings (SSSR count). The van der Waals surface area contributed by atoms with Crippen LogP contribution in [-0.4, -0.2) is 22.8 Å². The Hall–Kier alpha value is -1.62. The summed E-state index contributed by atoms with van der Waals surface area (Å²) in [7, 11) is 0. The van der Waals surface area contributed by atoms with Gasteiger partial charge in [0.15, 0.2) is 0 Å². The van der Waals surface area contributed by atoms with Crippen LogP contribution in [0.5, 0.6) is 0 Å². The van der Waals surface area contributed by atoms with E-state index in [0.717, 1.165) is 37.1 Å². The molecule has 0 bridgehead atoms. The van der Waals surface area contributed by atoms with Gasteiger partial charge >= 0.3 is 0 Å². The summed E-state index contributed by atoms with van der Waals surface area (Å²) in [5.74, 6) is 2.12. The van der Waals surface area contributed by atoms with Crippen LogP contribution in [0, 0.1) is 0 Å². The van der Waals surface area contributed by atoms with Gasteiger partial charge in [0.05, 0.1) is 11.8 Å². The molecule has 0 aliphatic carbocycles. The van der Waals surface area contributed by atoms with E-state index in [2.05, 4.69) is 29.4 Å². The summed E-state index contributed by atoms with van der Waals surface area (Å²) in [6, 6.07) is 2.38. The molecular formula is C14H21N3O2. The molecule has 2 heterocycles. The highest BCUT2D eigenvalue weighted by atomic mass is 16.4. The van der Waals surface area contributed by atoms with Crippen molar-refractivity contribution in [2.75, 3.05) is 6.54 Å². The molecular weight excluding hydrogens is 242 g/mol. The Labute approximate surface area is 113 Å². The lowest BCUT2D eigenvalue weighted by molar-refractivity contribution is 0.480. The first-order valence-electron chi connectivity index (χ1n) is 6.83. The number of hydrogen-bond acceptors (Lipinski definition) is 5. The third-order valence-electron chi connectivity index (χ3n) is 2.88. The lowest BCUT2D eigenvalue weighted by Gasteiger charge is -2.05. The summed E-state index contributed by atoms with van der Waals surface area (Å²) in [5, 5.41) is 11.5. The minimum Gasteiger partial charge on any atom is -0.469 e. The molecule has 0 amide bonds. The Kier molecular flexibility index (Phi) is 4.74. The maximum Gasteiger partial charge on any atom is 0.251 e. The van der Waals surface area contributed by atoms with E-state index in [9.17, 15) is 0 Å². The molecule has 0 saturated heterocycles. The number of nitrogens with zero attached hydrogens (tertiary/aromatic N) is 2. The van der Waals surface area contributed by atoms with Gasteiger partial charge in [-0.3, -0.25) is 0 Å². The van der Waals surface area contributed by atoms with Crippen molar-refractivity contribution in [3.8, 4) is 11.5 Å². The Morgan fingerprint density at radius 2 is 2.16 bits per heavy atom. The van der Waals surface area contributed by atoms with E-state index in [1.165, 1.54) is 0 Å². The van der Waals surface area contributed by atoms with Crippen LogP contribution >= 0.6 is 0 Å². The molecule has 2 aromatic heterocycles. The van der Waals surface area contributed by atoms with Crippen LogP contribution in [0.25, 0.3) is 11.5 Å². The number of aryl methyl sites for hydroxylation is 2. The first-order chi connectivity index (χ1) is 9.20. The minimum atomic E-state index is 0.510. The van der Waals surface area contributed by atoms with Gasteiger partial charge in [-0.2, -0.15) is 0 Å². The van der Waals surface area contributed by atoms with Crippen molar-refractivity contribution in [3.05, 3.63) is 24.0 Å². The van der Waals surface area contributed by atoms with Gasteiger partial charge in [0.2, 0.25) is 5.89 Å². The SMILES string of the molecule is CCc1occc1-c1nnc(CCCNC(C)C)o1. The molecule has 1 N–H and O–H groups in total. The standard InChI is InChI=1S/C14H21N3O2/c1-4-12-11(7-9-18-12)14-17-16-13(19-14)6-5-8-15-10(2)3/h7,9-10,15H,4-6,8H2,1-3H3. The molecule has 19 heavy (non-hydrogen) atoms. The fraction of sp³-hybridized carbons (Fsp3) is 0.571. The van der Waals surface area contributed by atoms with Crippen molar-refractivity contribution in [1.29, 1.82) is 0 Å². The summed E-state index contributed by atoms with van der Waals surface area (Å²) >= 11 is 0. The molecule has 5 nitrogen and oxygen atoms in total. The van der Waals surface area contributed by atoms with E-state index in [4.69, 9.17) is 8.83 Å². The Balaban J connectivity index is 1.92. The normalized spacial score (nSPS) is 11.4. The summed E-state index contributed by atoms with van der Waals surface area (Å²) in [4.78, 5) is 0. The second kappa shape index (κ2) is 6.52. The lowest BCUT2D eigenvalue weighted by atomic mass is 10.2. The molecule has 0 aromatic carbocycles. The largest absolute Gasteiger partial charge is 0.469 e. The zero-order valence-electron chi connectivity index (χ0n) is 11.8. The van der Waals surface area contributed by atoms with E-state index >= 15 is 0 Å². The summed E-state index contributed by atoms with van der Waals surface area (Å²) in [6.07, 6.45) is 4.26. The van der Waals surface area contributed by atoms with Crippen LogP contribution in [-0.2, 0) is 12.8 Å². The third kappa shape index (κ3) is 3.67. The molecule has 0 atom stereocenters. The fourth-order valence-electron chi connectivity index (χ4n) is 1.90. The average Bonchev–Trinajstić information content (AvgIpc) is 3.02. The summed E-state index contributed by atoms with van der Waals surface area (Å²) in [6.45, 7) is 7.27. The molecule has 104 valence electrons. The first kappa shape index (κ1) is 13.8. The van der Waals surface area contributed by atoms with Crippen LogP contribution in [0.15, 0.2) is 21.2 Å². The lowest BCUT2D eigenvalue weighted by Crippen LogP contribution is -2.23. The van der Waals surface area contributed by atoms with Crippen molar-refractivity contribution in [3.63, 3.8) is 0 Å². The van der Waals surface area contributed by atoms with Crippen molar-refractivity contribution in [1.82, 2.24) is 15.5 Å². The van der Waals surface area contributed by atoms with Gasteiger partial charge in [-0.1, -0.05) is 20.8 Å². The average molecular weight is 263 g/mol. The van der Waals surface area contributed by atoms with Gasteiger partial charge in [-0.25, -0.2) is 0 Å². The molecule has 0 radical (unpaired) electrons. The highest BCUT2D eigenvalue weighted by Gasteiger charge is 2.14. The molecule has 0 unspecified atom stereocenters. The van der Waals surface area contributed by atoms with Gasteiger partial charge in [-0.15, -0.1) is 10.2 Å². The highest BCUT2D eigenvalue weighted by Crippen LogP contribution is 2.24. The van der Waals surface area contributed by atoms with Crippen molar-refractivity contribution >= 4 is 0 Å². The van der Waals surface area contributed by atoms with E-state index < -0.39 is 0 Å². The third-order valence-corrected chi connectivity index (χ3v) is 2.88. The van der Waals surface area contributed by atoms with Crippen LogP contribution in [0.2, 0.25) is 0 Å². The zero-order valence-corrected chi connectivity index (χ0v) is 11.8. The molecule has 0 aliphatic rings. The molecule has 0 fully saturated rings. The number of aromatic nitrogens is 2. The molecule has 0 spiro atoms. The monoisotopic (exact) mass is 263 g/mol. The topological polar surface area (TPSA) is 64.1 Å². The van der Waals surface area contributed by atoms with Crippen molar-refractivity contribution < 1.29 is 8.83 Å². The highest BCUT2D eigenvalue weighted by molar-refractivity contribution is 5.54. The first-order valence-corrected chi connectivity index (χ1v) is 6.83. The van der Waals surface area contributed by atoms with Crippen LogP contribution in [0.4, 0.5) is 0 Å². The van der Waals surface area contributed by atoms with E-state index in [0.29, 0.717) is 17.8 Å². The van der Waals surface area contributed by atoms with Crippen molar-refractivity contribution in [2.24, 2.45) is 0 Å². The summed E-state index contributed by atoms with van der Waals surface area (Å²) in [5.41, 5.74) is 0.904. The Morgan fingerprint density at radius 3 is 2.89 bits per heavy atom. The van der Waals surface area contributed by atoms with Crippen LogP contribution < -0.4 is 5.32 Å². The fourth-order valence-corrected chi connectivity index (χ4v) is 1.90. The maximum atomic E-state index is 5.67. The van der Waals surface area contributed by atoms with Gasteiger partial charge in [-0.05, 0) is 19.0 Å². The summed E-state index contributed by atoms with van der Waals surface area (Å²) < 4.78 is 11.0. The predicted molar refractivity (Wildman–Crippen MR) is 72.8 cm³/mol. The smallest absolute Gasteiger partial charge is 0.251 e. The quantitative estimate of drug-likeness (QED) is 0.778. The molecule has 0 saturated carbocycles. The zero-order chi connectivity index (χ0) is 13.7. The van der Waals surface area contributed by atoms with Crippen molar-refractivity contribution in [2.45, 2.75) is 46.1 Å². The number of rotatable bonds is 7. The Morgan fingerprint density at radius 1 is 1.32 bits per heavy atom.